The van der Waals surface area contributed by atoms with Gasteiger partial charge in [-0.3, -0.25) is 0 Å². The van der Waals surface area contributed by atoms with E-state index in [1.807, 2.05) is 30.3 Å². The topological polar surface area (TPSA) is 26.0 Å². The van der Waals surface area contributed by atoms with Gasteiger partial charge in [-0.15, -0.1) is 11.8 Å². The minimum absolute atomic E-state index is 0.198. The Morgan fingerprint density at radius 2 is 1.94 bits per heavy atom. The van der Waals surface area contributed by atoms with E-state index in [0.717, 1.165) is 16.1 Å². The molecular formula is C13H11ClFNS. The second kappa shape index (κ2) is 5.43. The van der Waals surface area contributed by atoms with Gasteiger partial charge in [-0.1, -0.05) is 29.8 Å². The Kier molecular flexibility index (Phi) is 3.92. The first-order chi connectivity index (χ1) is 8.16. The van der Waals surface area contributed by atoms with Crippen molar-refractivity contribution in [3.63, 3.8) is 0 Å². The lowest BCUT2D eigenvalue weighted by atomic mass is 10.2. The number of hydrogen-bond donors (Lipinski definition) is 1. The van der Waals surface area contributed by atoms with Crippen LogP contribution in [0.15, 0.2) is 47.4 Å². The third kappa shape index (κ3) is 3.14. The fourth-order valence-electron chi connectivity index (χ4n) is 1.43. The van der Waals surface area contributed by atoms with Crippen LogP contribution in [0.3, 0.4) is 0 Å². The van der Waals surface area contributed by atoms with Gasteiger partial charge in [-0.2, -0.15) is 0 Å². The first kappa shape index (κ1) is 12.3. The maximum Gasteiger partial charge on any atom is 0.142 e. The smallest absolute Gasteiger partial charge is 0.142 e. The number of rotatable bonds is 3. The summed E-state index contributed by atoms with van der Waals surface area (Å²) in [5.74, 6) is 0.248. The molecule has 0 heterocycles. The maximum atomic E-state index is 13.2. The predicted molar refractivity (Wildman–Crippen MR) is 71.8 cm³/mol. The molecule has 0 amide bonds. The minimum atomic E-state index is -0.377. The summed E-state index contributed by atoms with van der Waals surface area (Å²) in [6.07, 6.45) is 0. The van der Waals surface area contributed by atoms with Crippen molar-refractivity contribution >= 4 is 29.1 Å². The van der Waals surface area contributed by atoms with E-state index in [9.17, 15) is 4.39 Å². The highest BCUT2D eigenvalue weighted by atomic mass is 35.5. The highest BCUT2D eigenvalue weighted by Crippen LogP contribution is 2.28. The average Bonchev–Trinajstić information content (AvgIpc) is 2.31. The van der Waals surface area contributed by atoms with Crippen LogP contribution in [0, 0.1) is 5.82 Å². The van der Waals surface area contributed by atoms with Crippen molar-refractivity contribution in [3.8, 4) is 0 Å². The Labute approximate surface area is 109 Å². The van der Waals surface area contributed by atoms with Crippen LogP contribution in [0.4, 0.5) is 10.1 Å². The molecule has 0 radical (unpaired) electrons. The van der Waals surface area contributed by atoms with Gasteiger partial charge in [0, 0.05) is 16.3 Å². The third-order valence-corrected chi connectivity index (χ3v) is 3.75. The summed E-state index contributed by atoms with van der Waals surface area (Å²) in [5, 5.41) is 0.198. The fourth-order valence-corrected chi connectivity index (χ4v) is 2.65. The zero-order valence-corrected chi connectivity index (χ0v) is 10.6. The van der Waals surface area contributed by atoms with Crippen molar-refractivity contribution in [1.29, 1.82) is 0 Å². The lowest BCUT2D eigenvalue weighted by Gasteiger charge is -2.05. The molecule has 2 aromatic rings. The molecule has 0 bridgehead atoms. The Morgan fingerprint density at radius 3 is 2.71 bits per heavy atom. The van der Waals surface area contributed by atoms with Crippen molar-refractivity contribution in [3.05, 3.63) is 58.9 Å². The van der Waals surface area contributed by atoms with E-state index in [2.05, 4.69) is 0 Å². The Hall–Kier alpha value is -1.19. The van der Waals surface area contributed by atoms with Crippen LogP contribution in [-0.4, -0.2) is 0 Å². The SMILES string of the molecule is Nc1cccc(SCc2cccc(F)c2Cl)c1. The van der Waals surface area contributed by atoms with Gasteiger partial charge in [0.2, 0.25) is 0 Å². The van der Waals surface area contributed by atoms with Gasteiger partial charge in [0.25, 0.3) is 0 Å². The monoisotopic (exact) mass is 267 g/mol. The number of halogens is 2. The highest BCUT2D eigenvalue weighted by Gasteiger charge is 2.05. The fraction of sp³-hybridized carbons (Fsp3) is 0.0769. The number of nitrogen functional groups attached to an aromatic ring is 1. The van der Waals surface area contributed by atoms with Gasteiger partial charge >= 0.3 is 0 Å². The normalized spacial score (nSPS) is 10.5. The van der Waals surface area contributed by atoms with Crippen molar-refractivity contribution in [2.45, 2.75) is 10.6 Å². The molecule has 2 rings (SSSR count). The van der Waals surface area contributed by atoms with Crippen LogP contribution in [-0.2, 0) is 5.75 Å². The minimum Gasteiger partial charge on any atom is -0.399 e. The van der Waals surface area contributed by atoms with E-state index in [4.69, 9.17) is 17.3 Å². The molecule has 2 N–H and O–H groups in total. The molecule has 0 aliphatic rings. The molecule has 88 valence electrons. The van der Waals surface area contributed by atoms with Gasteiger partial charge in [0.1, 0.15) is 5.82 Å². The second-order valence-corrected chi connectivity index (χ2v) is 5.00. The van der Waals surface area contributed by atoms with Crippen molar-refractivity contribution < 1.29 is 4.39 Å². The summed E-state index contributed by atoms with van der Waals surface area (Å²) < 4.78 is 13.2. The molecule has 4 heteroatoms. The van der Waals surface area contributed by atoms with E-state index in [1.54, 1.807) is 17.8 Å². The van der Waals surface area contributed by atoms with Gasteiger partial charge in [-0.05, 0) is 29.8 Å². The molecule has 2 aromatic carbocycles. The third-order valence-electron chi connectivity index (χ3n) is 2.28. The number of hydrogen-bond acceptors (Lipinski definition) is 2. The summed E-state index contributed by atoms with van der Waals surface area (Å²) in [7, 11) is 0. The highest BCUT2D eigenvalue weighted by molar-refractivity contribution is 7.98. The number of benzene rings is 2. The number of anilines is 1. The molecule has 17 heavy (non-hydrogen) atoms. The summed E-state index contributed by atoms with van der Waals surface area (Å²) >= 11 is 7.46. The summed E-state index contributed by atoms with van der Waals surface area (Å²) in [5.41, 5.74) is 7.20. The predicted octanol–water partition coefficient (Wildman–Crippen LogP) is 4.35. The quantitative estimate of drug-likeness (QED) is 0.661. The van der Waals surface area contributed by atoms with Gasteiger partial charge in [0.05, 0.1) is 5.02 Å². The Bertz CT molecular complexity index is 531. The molecule has 0 atom stereocenters. The van der Waals surface area contributed by atoms with E-state index in [0.29, 0.717) is 5.75 Å². The summed E-state index contributed by atoms with van der Waals surface area (Å²) in [6, 6.07) is 12.4. The zero-order valence-electron chi connectivity index (χ0n) is 8.99. The maximum absolute atomic E-state index is 13.2. The lowest BCUT2D eigenvalue weighted by molar-refractivity contribution is 0.627. The van der Waals surface area contributed by atoms with Crippen LogP contribution in [0.25, 0.3) is 0 Å². The largest absolute Gasteiger partial charge is 0.399 e. The van der Waals surface area contributed by atoms with Gasteiger partial charge < -0.3 is 5.73 Å². The molecular weight excluding hydrogens is 257 g/mol. The molecule has 0 fully saturated rings. The first-order valence-corrected chi connectivity index (χ1v) is 6.44. The van der Waals surface area contributed by atoms with E-state index in [1.165, 1.54) is 6.07 Å². The molecule has 0 aromatic heterocycles. The van der Waals surface area contributed by atoms with Crippen molar-refractivity contribution in [1.82, 2.24) is 0 Å². The molecule has 0 spiro atoms. The molecule has 0 aliphatic carbocycles. The molecule has 0 saturated heterocycles. The van der Waals surface area contributed by atoms with Crippen LogP contribution in [0.1, 0.15) is 5.56 Å². The summed E-state index contributed by atoms with van der Waals surface area (Å²) in [4.78, 5) is 1.05. The van der Waals surface area contributed by atoms with Crippen molar-refractivity contribution in [2.24, 2.45) is 0 Å². The Balaban J connectivity index is 2.10. The molecule has 0 unspecified atom stereocenters. The van der Waals surface area contributed by atoms with E-state index >= 15 is 0 Å². The van der Waals surface area contributed by atoms with Crippen LogP contribution in [0.2, 0.25) is 5.02 Å². The first-order valence-electron chi connectivity index (χ1n) is 5.08. The van der Waals surface area contributed by atoms with Crippen LogP contribution < -0.4 is 5.73 Å². The van der Waals surface area contributed by atoms with Crippen LogP contribution >= 0.6 is 23.4 Å². The van der Waals surface area contributed by atoms with Crippen LogP contribution in [0.5, 0.6) is 0 Å². The number of thioether (sulfide) groups is 1. The van der Waals surface area contributed by atoms with Gasteiger partial charge in [-0.25, -0.2) is 4.39 Å². The number of nitrogens with two attached hydrogens (primary N) is 1. The Morgan fingerprint density at radius 1 is 1.18 bits per heavy atom. The standard InChI is InChI=1S/C13H11ClFNS/c14-13-9(3-1-6-12(13)15)8-17-11-5-2-4-10(16)7-11/h1-7H,8,16H2. The molecule has 1 nitrogen and oxygen atoms in total. The van der Waals surface area contributed by atoms with Crippen molar-refractivity contribution in [2.75, 3.05) is 5.73 Å². The lowest BCUT2D eigenvalue weighted by Crippen LogP contribution is -1.87. The average molecular weight is 268 g/mol. The molecule has 0 aliphatic heterocycles. The van der Waals surface area contributed by atoms with E-state index in [-0.39, 0.29) is 10.8 Å². The second-order valence-electron chi connectivity index (χ2n) is 3.57. The summed E-state index contributed by atoms with van der Waals surface area (Å²) in [6.45, 7) is 0. The van der Waals surface area contributed by atoms with Gasteiger partial charge in [0.15, 0.2) is 0 Å². The van der Waals surface area contributed by atoms with E-state index < -0.39 is 0 Å². The molecule has 0 saturated carbocycles. The zero-order chi connectivity index (χ0) is 12.3.